The maximum absolute atomic E-state index is 13.6. The van der Waals surface area contributed by atoms with Gasteiger partial charge in [-0.2, -0.15) is 0 Å². The van der Waals surface area contributed by atoms with Gasteiger partial charge in [0.2, 0.25) is 0 Å². The van der Waals surface area contributed by atoms with Gasteiger partial charge in [0.1, 0.15) is 5.76 Å². The molecule has 1 N–H and O–H groups in total. The molecule has 2 aromatic heterocycles. The molecule has 1 saturated heterocycles. The number of para-hydroxylation sites is 1. The normalized spacial score (nSPS) is 20.3. The molecule has 3 heterocycles. The maximum atomic E-state index is 13.6. The number of carbonyl (C=O) groups excluding carboxylic acids is 1. The zero-order valence-electron chi connectivity index (χ0n) is 20.9. The highest BCUT2D eigenvalue weighted by molar-refractivity contribution is 6.09. The van der Waals surface area contributed by atoms with Crippen LogP contribution in [0.25, 0.3) is 22.6 Å². The molecule has 6 heteroatoms. The summed E-state index contributed by atoms with van der Waals surface area (Å²) >= 11 is 0. The van der Waals surface area contributed by atoms with Gasteiger partial charge < -0.3 is 19.5 Å². The Hall–Kier alpha value is -2.96. The predicted octanol–water partition coefficient (Wildman–Crippen LogP) is 4.71. The van der Waals surface area contributed by atoms with Crippen LogP contribution < -0.4 is 5.32 Å². The SMILES string of the molecule is CCN1CCN(CCCNC(=O)c2c3c(nc4ccccc24)C(=Cc2ccco2)CC(C)C3)CC1. The van der Waals surface area contributed by atoms with Crippen LogP contribution in [0, 0.1) is 5.92 Å². The molecular weight excluding hydrogens is 436 g/mol. The first-order chi connectivity index (χ1) is 17.1. The Labute approximate surface area is 208 Å². The van der Waals surface area contributed by atoms with Gasteiger partial charge in [-0.25, -0.2) is 4.98 Å². The molecule has 35 heavy (non-hydrogen) atoms. The number of piperazine rings is 1. The minimum Gasteiger partial charge on any atom is -0.465 e. The van der Waals surface area contributed by atoms with Crippen LogP contribution in [-0.4, -0.2) is 66.5 Å². The molecule has 1 aliphatic heterocycles. The molecule has 0 bridgehead atoms. The lowest BCUT2D eigenvalue weighted by Gasteiger charge is -2.34. The average Bonchev–Trinajstić information content (AvgIpc) is 3.39. The zero-order valence-corrected chi connectivity index (χ0v) is 20.9. The van der Waals surface area contributed by atoms with Crippen LogP contribution in [0.2, 0.25) is 0 Å². The van der Waals surface area contributed by atoms with Gasteiger partial charge in [-0.05, 0) is 73.7 Å². The van der Waals surface area contributed by atoms with E-state index in [2.05, 4.69) is 35.0 Å². The number of likely N-dealkylation sites (N-methyl/N-ethyl adjacent to an activating group) is 1. The van der Waals surface area contributed by atoms with Crippen LogP contribution in [0.5, 0.6) is 0 Å². The first kappa shape index (κ1) is 23.8. The molecule has 184 valence electrons. The number of fused-ring (bicyclic) bond motifs is 2. The summed E-state index contributed by atoms with van der Waals surface area (Å²) < 4.78 is 5.59. The number of benzene rings is 1. The molecule has 1 unspecified atom stereocenters. The standard InChI is InChI=1S/C29H36N4O2/c1-3-32-13-15-33(16-14-32)12-7-11-30-29(34)27-24-9-4-5-10-26(24)31-28-22(18-21(2)19-25(27)28)20-23-8-6-17-35-23/h4-6,8-10,17,20-21H,3,7,11-16,18-19H2,1-2H3,(H,30,34). The second-order valence-electron chi connectivity index (χ2n) is 9.91. The largest absolute Gasteiger partial charge is 0.465 e. The third-order valence-corrected chi connectivity index (χ3v) is 7.35. The van der Waals surface area contributed by atoms with Crippen molar-refractivity contribution in [3.8, 4) is 0 Å². The highest BCUT2D eigenvalue weighted by atomic mass is 16.3. The van der Waals surface area contributed by atoms with Crippen molar-refractivity contribution in [2.24, 2.45) is 5.92 Å². The molecule has 0 saturated carbocycles. The van der Waals surface area contributed by atoms with E-state index in [4.69, 9.17) is 9.40 Å². The zero-order chi connectivity index (χ0) is 24.2. The van der Waals surface area contributed by atoms with E-state index in [0.29, 0.717) is 12.5 Å². The van der Waals surface area contributed by atoms with Gasteiger partial charge in [-0.15, -0.1) is 0 Å². The summed E-state index contributed by atoms with van der Waals surface area (Å²) in [5.74, 6) is 1.27. The fourth-order valence-electron chi connectivity index (χ4n) is 5.46. The summed E-state index contributed by atoms with van der Waals surface area (Å²) in [4.78, 5) is 23.6. The van der Waals surface area contributed by atoms with E-state index < -0.39 is 0 Å². The van der Waals surface area contributed by atoms with Crippen molar-refractivity contribution in [3.05, 3.63) is 65.2 Å². The molecule has 3 aromatic rings. The van der Waals surface area contributed by atoms with Gasteiger partial charge in [0.15, 0.2) is 0 Å². The second-order valence-corrected chi connectivity index (χ2v) is 9.91. The van der Waals surface area contributed by atoms with Crippen molar-refractivity contribution in [1.82, 2.24) is 20.1 Å². The Morgan fingerprint density at radius 1 is 1.11 bits per heavy atom. The summed E-state index contributed by atoms with van der Waals surface area (Å²) in [6.07, 6.45) is 6.51. The smallest absolute Gasteiger partial charge is 0.252 e. The third kappa shape index (κ3) is 5.34. The highest BCUT2D eigenvalue weighted by Gasteiger charge is 2.28. The van der Waals surface area contributed by atoms with E-state index in [-0.39, 0.29) is 5.91 Å². The Balaban J connectivity index is 1.36. The molecule has 1 fully saturated rings. The van der Waals surface area contributed by atoms with Crippen molar-refractivity contribution >= 4 is 28.5 Å². The topological polar surface area (TPSA) is 61.6 Å². The van der Waals surface area contributed by atoms with Crippen molar-refractivity contribution < 1.29 is 9.21 Å². The quantitative estimate of drug-likeness (QED) is 0.505. The van der Waals surface area contributed by atoms with Crippen LogP contribution in [-0.2, 0) is 6.42 Å². The van der Waals surface area contributed by atoms with Crippen molar-refractivity contribution in [2.75, 3.05) is 45.8 Å². The van der Waals surface area contributed by atoms with Crippen LogP contribution in [0.15, 0.2) is 47.1 Å². The molecule has 5 rings (SSSR count). The summed E-state index contributed by atoms with van der Waals surface area (Å²) in [5, 5.41) is 4.17. The van der Waals surface area contributed by atoms with Crippen LogP contribution in [0.4, 0.5) is 0 Å². The number of amides is 1. The Morgan fingerprint density at radius 2 is 1.91 bits per heavy atom. The van der Waals surface area contributed by atoms with Gasteiger partial charge in [-0.3, -0.25) is 4.79 Å². The van der Waals surface area contributed by atoms with Gasteiger partial charge in [0.05, 0.1) is 23.0 Å². The lowest BCUT2D eigenvalue weighted by Crippen LogP contribution is -2.46. The highest BCUT2D eigenvalue weighted by Crippen LogP contribution is 2.38. The summed E-state index contributed by atoms with van der Waals surface area (Å²) in [6.45, 7) is 11.8. The average molecular weight is 473 g/mol. The van der Waals surface area contributed by atoms with E-state index in [0.717, 1.165) is 97.6 Å². The summed E-state index contributed by atoms with van der Waals surface area (Å²) in [6, 6.07) is 11.9. The van der Waals surface area contributed by atoms with E-state index in [1.807, 2.05) is 36.4 Å². The summed E-state index contributed by atoms with van der Waals surface area (Å²) in [7, 11) is 0. The van der Waals surface area contributed by atoms with Gasteiger partial charge in [0, 0.05) is 38.1 Å². The van der Waals surface area contributed by atoms with Crippen molar-refractivity contribution in [3.63, 3.8) is 0 Å². The molecule has 0 radical (unpaired) electrons. The number of pyridine rings is 1. The fourth-order valence-corrected chi connectivity index (χ4v) is 5.46. The lowest BCUT2D eigenvalue weighted by atomic mass is 9.80. The maximum Gasteiger partial charge on any atom is 0.252 e. The number of nitrogens with zero attached hydrogens (tertiary/aromatic N) is 3. The monoisotopic (exact) mass is 472 g/mol. The van der Waals surface area contributed by atoms with Crippen molar-refractivity contribution in [2.45, 2.75) is 33.1 Å². The number of furan rings is 1. The van der Waals surface area contributed by atoms with Gasteiger partial charge in [0.25, 0.3) is 5.91 Å². The van der Waals surface area contributed by atoms with E-state index in [1.165, 1.54) is 0 Å². The molecule has 2 aliphatic rings. The molecule has 1 aliphatic carbocycles. The third-order valence-electron chi connectivity index (χ3n) is 7.35. The summed E-state index contributed by atoms with van der Waals surface area (Å²) in [5.41, 5.74) is 4.80. The number of carbonyl (C=O) groups is 1. The van der Waals surface area contributed by atoms with Gasteiger partial charge in [-0.1, -0.05) is 32.0 Å². The van der Waals surface area contributed by atoms with Crippen LogP contribution in [0.3, 0.4) is 0 Å². The molecular formula is C29H36N4O2. The van der Waals surface area contributed by atoms with E-state index >= 15 is 0 Å². The number of hydrogen-bond acceptors (Lipinski definition) is 5. The number of allylic oxidation sites excluding steroid dienone is 1. The predicted molar refractivity (Wildman–Crippen MR) is 141 cm³/mol. The minimum atomic E-state index is 0.0158. The first-order valence-corrected chi connectivity index (χ1v) is 13.0. The van der Waals surface area contributed by atoms with E-state index in [1.54, 1.807) is 6.26 Å². The second kappa shape index (κ2) is 10.8. The number of rotatable bonds is 7. The number of nitrogens with one attached hydrogen (secondary N) is 1. The molecule has 1 aromatic carbocycles. The first-order valence-electron chi connectivity index (χ1n) is 13.0. The fraction of sp³-hybridized carbons (Fsp3) is 0.448. The Morgan fingerprint density at radius 3 is 2.69 bits per heavy atom. The Kier molecular flexibility index (Phi) is 7.30. The van der Waals surface area contributed by atoms with E-state index in [9.17, 15) is 4.79 Å². The number of aromatic nitrogens is 1. The van der Waals surface area contributed by atoms with Crippen LogP contribution in [0.1, 0.15) is 54.1 Å². The lowest BCUT2D eigenvalue weighted by molar-refractivity contribution is 0.0948. The minimum absolute atomic E-state index is 0.0158. The molecule has 6 nitrogen and oxygen atoms in total. The molecule has 1 atom stereocenters. The Bertz CT molecular complexity index is 1190. The van der Waals surface area contributed by atoms with Crippen LogP contribution >= 0.6 is 0 Å². The van der Waals surface area contributed by atoms with Gasteiger partial charge >= 0.3 is 0 Å². The van der Waals surface area contributed by atoms with Crippen molar-refractivity contribution in [1.29, 1.82) is 0 Å². The molecule has 0 spiro atoms. The molecule has 1 amide bonds. The number of hydrogen-bond donors (Lipinski definition) is 1.